The third-order valence-electron chi connectivity index (χ3n) is 3.08. The Hall–Kier alpha value is -1.43. The summed E-state index contributed by atoms with van der Waals surface area (Å²) >= 11 is 13.6. The highest BCUT2D eigenvalue weighted by Crippen LogP contribution is 2.20. The molecule has 0 spiro atoms. The largest absolute Gasteiger partial charge is 0.352 e. The van der Waals surface area contributed by atoms with Crippen LogP contribution in [0.15, 0.2) is 35.2 Å². The topological polar surface area (TPSA) is 46.9 Å². The van der Waals surface area contributed by atoms with Crippen molar-refractivity contribution in [3.8, 4) is 0 Å². The fourth-order valence-corrected chi connectivity index (χ4v) is 3.06. The van der Waals surface area contributed by atoms with Gasteiger partial charge in [0.05, 0.1) is 5.69 Å². The molecule has 4 nitrogen and oxygen atoms in total. The molecule has 1 amide bonds. The van der Waals surface area contributed by atoms with Gasteiger partial charge in [0.15, 0.2) is 0 Å². The van der Waals surface area contributed by atoms with Crippen molar-refractivity contribution in [1.29, 1.82) is 0 Å². The normalized spacial score (nSPS) is 11.1. The van der Waals surface area contributed by atoms with Crippen LogP contribution < -0.4 is 5.32 Å². The van der Waals surface area contributed by atoms with Crippen LogP contribution in [-0.2, 0) is 11.8 Å². The number of carbonyl (C=O) groups is 1. The first-order chi connectivity index (χ1) is 11.0. The second-order valence-corrected chi connectivity index (χ2v) is 6.80. The molecule has 0 aliphatic carbocycles. The fourth-order valence-electron chi connectivity index (χ4n) is 1.93. The highest BCUT2D eigenvalue weighted by Gasteiger charge is 2.08. The molecule has 7 heteroatoms. The van der Waals surface area contributed by atoms with E-state index in [0.29, 0.717) is 11.7 Å². The van der Waals surface area contributed by atoms with E-state index in [2.05, 4.69) is 10.4 Å². The van der Waals surface area contributed by atoms with Gasteiger partial charge in [0.2, 0.25) is 5.91 Å². The SMILES string of the molecule is Cc1nn(C)c(Cl)c1/C=C/C(=O)NCCSc1ccc(Cl)cc1. The molecular formula is C16H17Cl2N3OS. The molecular weight excluding hydrogens is 353 g/mol. The number of halogens is 2. The number of carbonyl (C=O) groups excluding carboxylic acids is 1. The van der Waals surface area contributed by atoms with Crippen molar-refractivity contribution in [2.75, 3.05) is 12.3 Å². The number of benzene rings is 1. The third-order valence-corrected chi connectivity index (χ3v) is 4.80. The van der Waals surface area contributed by atoms with Gasteiger partial charge in [-0.3, -0.25) is 9.48 Å². The average Bonchev–Trinajstić information content (AvgIpc) is 2.76. The number of aryl methyl sites for hydroxylation is 2. The standard InChI is InChI=1S/C16H17Cl2N3OS/c1-11-14(16(18)21(2)20-11)7-8-15(22)19-9-10-23-13-5-3-12(17)4-6-13/h3-8H,9-10H2,1-2H3,(H,19,22)/b8-7+. The summed E-state index contributed by atoms with van der Waals surface area (Å²) in [7, 11) is 1.76. The Morgan fingerprint density at radius 3 is 2.65 bits per heavy atom. The van der Waals surface area contributed by atoms with Crippen LogP contribution in [0.4, 0.5) is 0 Å². The van der Waals surface area contributed by atoms with Gasteiger partial charge in [0.25, 0.3) is 0 Å². The van der Waals surface area contributed by atoms with E-state index in [4.69, 9.17) is 23.2 Å². The third kappa shape index (κ3) is 5.30. The maximum absolute atomic E-state index is 11.8. The van der Waals surface area contributed by atoms with E-state index in [1.165, 1.54) is 6.08 Å². The predicted octanol–water partition coefficient (Wildman–Crippen LogP) is 3.96. The Kier molecular flexibility index (Phi) is 6.57. The van der Waals surface area contributed by atoms with Crippen LogP contribution in [0.2, 0.25) is 10.2 Å². The molecule has 1 N–H and O–H groups in total. The summed E-state index contributed by atoms with van der Waals surface area (Å²) in [5, 5.41) is 8.27. The van der Waals surface area contributed by atoms with E-state index in [1.807, 2.05) is 31.2 Å². The van der Waals surface area contributed by atoms with Gasteiger partial charge < -0.3 is 5.32 Å². The second kappa shape index (κ2) is 8.43. The van der Waals surface area contributed by atoms with E-state index in [-0.39, 0.29) is 5.91 Å². The summed E-state index contributed by atoms with van der Waals surface area (Å²) in [6, 6.07) is 7.63. The summed E-state index contributed by atoms with van der Waals surface area (Å²) in [4.78, 5) is 12.9. The number of rotatable bonds is 6. The minimum atomic E-state index is -0.152. The summed E-state index contributed by atoms with van der Waals surface area (Å²) in [6.45, 7) is 2.43. The first-order valence-electron chi connectivity index (χ1n) is 7.00. The zero-order valence-corrected chi connectivity index (χ0v) is 15.2. The van der Waals surface area contributed by atoms with Gasteiger partial charge in [-0.1, -0.05) is 23.2 Å². The zero-order chi connectivity index (χ0) is 16.8. The van der Waals surface area contributed by atoms with Crippen molar-refractivity contribution in [2.24, 2.45) is 7.05 Å². The molecule has 0 radical (unpaired) electrons. The Balaban J connectivity index is 1.76. The highest BCUT2D eigenvalue weighted by atomic mass is 35.5. The van der Waals surface area contributed by atoms with E-state index in [9.17, 15) is 4.79 Å². The molecule has 0 aliphatic rings. The maximum atomic E-state index is 11.8. The van der Waals surface area contributed by atoms with Gasteiger partial charge in [0.1, 0.15) is 5.15 Å². The van der Waals surface area contributed by atoms with Crippen LogP contribution in [0.25, 0.3) is 6.08 Å². The first kappa shape index (κ1) is 17.9. The maximum Gasteiger partial charge on any atom is 0.244 e. The lowest BCUT2D eigenvalue weighted by Gasteiger charge is -2.03. The van der Waals surface area contributed by atoms with Crippen LogP contribution in [-0.4, -0.2) is 28.0 Å². The smallest absolute Gasteiger partial charge is 0.244 e. The number of amides is 1. The Morgan fingerprint density at radius 1 is 1.35 bits per heavy atom. The minimum Gasteiger partial charge on any atom is -0.352 e. The van der Waals surface area contributed by atoms with E-state index in [0.717, 1.165) is 26.9 Å². The van der Waals surface area contributed by atoms with Crippen LogP contribution >= 0.6 is 35.0 Å². The first-order valence-corrected chi connectivity index (χ1v) is 8.75. The van der Waals surface area contributed by atoms with E-state index in [1.54, 1.807) is 29.6 Å². The number of nitrogens with one attached hydrogen (secondary N) is 1. The van der Waals surface area contributed by atoms with Crippen molar-refractivity contribution in [1.82, 2.24) is 15.1 Å². The molecule has 0 unspecified atom stereocenters. The molecule has 1 heterocycles. The lowest BCUT2D eigenvalue weighted by atomic mass is 10.2. The van der Waals surface area contributed by atoms with Gasteiger partial charge in [-0.25, -0.2) is 0 Å². The van der Waals surface area contributed by atoms with Gasteiger partial charge in [0, 0.05) is 40.9 Å². The van der Waals surface area contributed by atoms with Crippen LogP contribution in [0.3, 0.4) is 0 Å². The molecule has 0 fully saturated rings. The van der Waals surface area contributed by atoms with Crippen molar-refractivity contribution in [3.05, 3.63) is 51.8 Å². The summed E-state index contributed by atoms with van der Waals surface area (Å²) < 4.78 is 1.58. The Bertz CT molecular complexity index is 711. The lowest BCUT2D eigenvalue weighted by molar-refractivity contribution is -0.116. The Morgan fingerprint density at radius 2 is 2.04 bits per heavy atom. The summed E-state index contributed by atoms with van der Waals surface area (Å²) in [5.74, 6) is 0.634. The minimum absolute atomic E-state index is 0.152. The average molecular weight is 370 g/mol. The van der Waals surface area contributed by atoms with E-state index < -0.39 is 0 Å². The number of hydrogen-bond donors (Lipinski definition) is 1. The molecule has 122 valence electrons. The second-order valence-electron chi connectivity index (χ2n) is 4.84. The number of hydrogen-bond acceptors (Lipinski definition) is 3. The van der Waals surface area contributed by atoms with Crippen LogP contribution in [0.5, 0.6) is 0 Å². The predicted molar refractivity (Wildman–Crippen MR) is 97.2 cm³/mol. The molecule has 2 aromatic rings. The van der Waals surface area contributed by atoms with Gasteiger partial charge in [-0.15, -0.1) is 11.8 Å². The quantitative estimate of drug-likeness (QED) is 0.476. The molecule has 0 aliphatic heterocycles. The van der Waals surface area contributed by atoms with Crippen molar-refractivity contribution in [2.45, 2.75) is 11.8 Å². The van der Waals surface area contributed by atoms with Crippen molar-refractivity contribution < 1.29 is 4.79 Å². The molecule has 23 heavy (non-hydrogen) atoms. The highest BCUT2D eigenvalue weighted by molar-refractivity contribution is 7.99. The van der Waals surface area contributed by atoms with Crippen molar-refractivity contribution in [3.63, 3.8) is 0 Å². The molecule has 0 saturated heterocycles. The fraction of sp³-hybridized carbons (Fsp3) is 0.250. The van der Waals surface area contributed by atoms with Gasteiger partial charge in [-0.2, -0.15) is 5.10 Å². The molecule has 1 aromatic heterocycles. The van der Waals surface area contributed by atoms with Crippen LogP contribution in [0, 0.1) is 6.92 Å². The number of nitrogens with zero attached hydrogens (tertiary/aromatic N) is 2. The summed E-state index contributed by atoms with van der Waals surface area (Å²) in [6.07, 6.45) is 3.16. The summed E-state index contributed by atoms with van der Waals surface area (Å²) in [5.41, 5.74) is 1.56. The number of thioether (sulfide) groups is 1. The molecule has 0 saturated carbocycles. The molecule has 0 bridgehead atoms. The molecule has 1 aromatic carbocycles. The number of aromatic nitrogens is 2. The molecule has 2 rings (SSSR count). The van der Waals surface area contributed by atoms with Crippen LogP contribution in [0.1, 0.15) is 11.3 Å². The molecule has 0 atom stereocenters. The zero-order valence-electron chi connectivity index (χ0n) is 12.8. The van der Waals surface area contributed by atoms with Gasteiger partial charge in [-0.05, 0) is 37.3 Å². The monoisotopic (exact) mass is 369 g/mol. The lowest BCUT2D eigenvalue weighted by Crippen LogP contribution is -2.23. The van der Waals surface area contributed by atoms with Crippen molar-refractivity contribution >= 4 is 46.9 Å². The van der Waals surface area contributed by atoms with E-state index >= 15 is 0 Å². The Labute approximate surface area is 149 Å². The van der Waals surface area contributed by atoms with Gasteiger partial charge >= 0.3 is 0 Å².